The van der Waals surface area contributed by atoms with Gasteiger partial charge in [0.2, 0.25) is 0 Å². The summed E-state index contributed by atoms with van der Waals surface area (Å²) in [5.74, 6) is 2.84. The second-order valence-electron chi connectivity index (χ2n) is 12.5. The van der Waals surface area contributed by atoms with Crippen LogP contribution in [0.25, 0.3) is 0 Å². The molecule has 0 heterocycles. The minimum absolute atomic E-state index is 0.282. The molecule has 0 spiro atoms. The van der Waals surface area contributed by atoms with E-state index < -0.39 is 8.32 Å². The van der Waals surface area contributed by atoms with Crippen LogP contribution in [0.5, 0.6) is 0 Å². The molecule has 4 rings (SSSR count). The number of carbonyl (C=O) groups excluding carboxylic acids is 1. The molecule has 164 valence electrons. The van der Waals surface area contributed by atoms with Crippen LogP contribution in [-0.4, -0.2) is 20.2 Å². The molecule has 29 heavy (non-hydrogen) atoms. The summed E-state index contributed by atoms with van der Waals surface area (Å²) in [5, 5.41) is 0.282. The number of ketones is 1. The monoisotopic (exact) mass is 416 g/mol. The second kappa shape index (κ2) is 7.05. The fraction of sp³-hybridized carbons (Fsp3) is 0.885. The van der Waals surface area contributed by atoms with Gasteiger partial charge in [0.1, 0.15) is 0 Å². The zero-order valence-electron chi connectivity index (χ0n) is 20.1. The molecular weight excluding hydrogens is 372 g/mol. The molecule has 3 heteroatoms. The molecule has 0 radical (unpaired) electrons. The lowest BCUT2D eigenvalue weighted by atomic mass is 9.46. The predicted molar refractivity (Wildman–Crippen MR) is 123 cm³/mol. The first-order chi connectivity index (χ1) is 13.4. The molecule has 0 unspecified atom stereocenters. The van der Waals surface area contributed by atoms with Crippen molar-refractivity contribution in [3.8, 4) is 0 Å². The van der Waals surface area contributed by atoms with Gasteiger partial charge in [-0.3, -0.25) is 4.79 Å². The van der Waals surface area contributed by atoms with E-state index in [1.807, 2.05) is 0 Å². The Morgan fingerprint density at radius 1 is 1.07 bits per heavy atom. The Morgan fingerprint density at radius 2 is 1.79 bits per heavy atom. The standard InChI is InChI=1S/C26H44O2Si/c1-8-26-16-13-19(27)17-18(26)9-10-20-21-11-12-23(25(21,5)15-14-22(20)26)28-29(6,7)24(2,3)4/h17,20-23H,8-16H2,1-7H3/t20-,21-,22-,23-,25-,26-/m0/s1. The van der Waals surface area contributed by atoms with E-state index >= 15 is 0 Å². The highest BCUT2D eigenvalue weighted by molar-refractivity contribution is 6.74. The second-order valence-corrected chi connectivity index (χ2v) is 17.3. The first-order valence-corrected chi connectivity index (χ1v) is 15.3. The van der Waals surface area contributed by atoms with Crippen molar-refractivity contribution in [1.82, 2.24) is 0 Å². The maximum Gasteiger partial charge on any atom is 0.192 e. The summed E-state index contributed by atoms with van der Waals surface area (Å²) in [7, 11) is -1.74. The zero-order chi connectivity index (χ0) is 21.2. The maximum atomic E-state index is 12.1. The maximum absolute atomic E-state index is 12.1. The van der Waals surface area contributed by atoms with Gasteiger partial charge in [-0.2, -0.15) is 0 Å². The Hall–Kier alpha value is -0.413. The van der Waals surface area contributed by atoms with E-state index in [0.717, 1.165) is 30.6 Å². The lowest BCUT2D eigenvalue weighted by Gasteiger charge is -2.59. The van der Waals surface area contributed by atoms with Crippen LogP contribution in [0.2, 0.25) is 18.1 Å². The summed E-state index contributed by atoms with van der Waals surface area (Å²) < 4.78 is 7.07. The Labute approximate surface area is 180 Å². The molecule has 3 fully saturated rings. The fourth-order valence-corrected chi connectivity index (χ4v) is 9.16. The van der Waals surface area contributed by atoms with E-state index in [1.165, 1.54) is 50.5 Å². The lowest BCUT2D eigenvalue weighted by Crippen LogP contribution is -2.54. The molecule has 3 saturated carbocycles. The van der Waals surface area contributed by atoms with Gasteiger partial charge in [0.25, 0.3) is 0 Å². The minimum Gasteiger partial charge on any atom is -0.413 e. The fourth-order valence-electron chi connectivity index (χ4n) is 7.70. The Bertz CT molecular complexity index is 702. The largest absolute Gasteiger partial charge is 0.413 e. The van der Waals surface area contributed by atoms with Crippen LogP contribution in [0.15, 0.2) is 11.6 Å². The molecule has 4 aliphatic carbocycles. The highest BCUT2D eigenvalue weighted by Gasteiger charge is 2.60. The number of rotatable bonds is 3. The van der Waals surface area contributed by atoms with E-state index in [-0.39, 0.29) is 5.04 Å². The number of hydrogen-bond donors (Lipinski definition) is 0. The molecule has 0 saturated heterocycles. The lowest BCUT2D eigenvalue weighted by molar-refractivity contribution is -0.118. The Morgan fingerprint density at radius 3 is 2.45 bits per heavy atom. The minimum atomic E-state index is -1.74. The van der Waals surface area contributed by atoms with Crippen LogP contribution in [0.4, 0.5) is 0 Å². The molecule has 0 bridgehead atoms. The molecule has 0 aliphatic heterocycles. The van der Waals surface area contributed by atoms with E-state index in [1.54, 1.807) is 0 Å². The van der Waals surface area contributed by atoms with Crippen molar-refractivity contribution in [2.75, 3.05) is 0 Å². The van der Waals surface area contributed by atoms with Gasteiger partial charge in [-0.15, -0.1) is 0 Å². The number of hydrogen-bond acceptors (Lipinski definition) is 2. The highest BCUT2D eigenvalue weighted by Crippen LogP contribution is 2.66. The van der Waals surface area contributed by atoms with Gasteiger partial charge in [-0.25, -0.2) is 0 Å². The first-order valence-electron chi connectivity index (χ1n) is 12.4. The molecule has 0 amide bonds. The molecule has 0 aromatic heterocycles. The number of allylic oxidation sites excluding steroid dienone is 1. The third kappa shape index (κ3) is 3.25. The third-order valence-corrected chi connectivity index (χ3v) is 15.0. The van der Waals surface area contributed by atoms with Gasteiger partial charge in [-0.05, 0) is 104 Å². The quantitative estimate of drug-likeness (QED) is 0.451. The van der Waals surface area contributed by atoms with Gasteiger partial charge in [0.05, 0.1) is 6.10 Å². The Balaban J connectivity index is 1.60. The first kappa shape index (κ1) is 21.8. The molecule has 0 aromatic carbocycles. The summed E-state index contributed by atoms with van der Waals surface area (Å²) in [4.78, 5) is 12.1. The molecule has 4 aliphatic rings. The molecule has 0 N–H and O–H groups in total. The number of carbonyl (C=O) groups is 1. The van der Waals surface area contributed by atoms with Gasteiger partial charge >= 0.3 is 0 Å². The van der Waals surface area contributed by atoms with Crippen molar-refractivity contribution >= 4 is 14.1 Å². The zero-order valence-corrected chi connectivity index (χ0v) is 21.1. The third-order valence-electron chi connectivity index (χ3n) is 10.5. The van der Waals surface area contributed by atoms with Crippen LogP contribution < -0.4 is 0 Å². The summed E-state index contributed by atoms with van der Waals surface area (Å²) in [6, 6.07) is 0. The normalized spacial score (nSPS) is 42.7. The topological polar surface area (TPSA) is 26.3 Å². The number of fused-ring (bicyclic) bond motifs is 5. The van der Waals surface area contributed by atoms with Gasteiger partial charge in [-0.1, -0.05) is 40.2 Å². The Kier molecular flexibility index (Phi) is 5.30. The van der Waals surface area contributed by atoms with Gasteiger partial charge < -0.3 is 4.43 Å². The van der Waals surface area contributed by atoms with Crippen molar-refractivity contribution in [3.63, 3.8) is 0 Å². The van der Waals surface area contributed by atoms with Crippen molar-refractivity contribution in [2.45, 2.75) is 117 Å². The van der Waals surface area contributed by atoms with E-state index in [4.69, 9.17) is 4.43 Å². The van der Waals surface area contributed by atoms with Crippen molar-refractivity contribution in [2.24, 2.45) is 28.6 Å². The van der Waals surface area contributed by atoms with Crippen LogP contribution >= 0.6 is 0 Å². The summed E-state index contributed by atoms with van der Waals surface area (Å²) in [6.45, 7) is 16.9. The van der Waals surface area contributed by atoms with Crippen molar-refractivity contribution in [3.05, 3.63) is 11.6 Å². The van der Waals surface area contributed by atoms with Gasteiger partial charge in [0.15, 0.2) is 14.1 Å². The molecule has 6 atom stereocenters. The predicted octanol–water partition coefficient (Wildman–Crippen LogP) is 7.30. The summed E-state index contributed by atoms with van der Waals surface area (Å²) in [5.41, 5.74) is 2.21. The van der Waals surface area contributed by atoms with E-state index in [0.29, 0.717) is 22.7 Å². The smallest absolute Gasteiger partial charge is 0.192 e. The van der Waals surface area contributed by atoms with E-state index in [2.05, 4.69) is 53.8 Å². The van der Waals surface area contributed by atoms with Crippen LogP contribution in [0.3, 0.4) is 0 Å². The van der Waals surface area contributed by atoms with Crippen molar-refractivity contribution in [1.29, 1.82) is 0 Å². The van der Waals surface area contributed by atoms with E-state index in [9.17, 15) is 4.79 Å². The van der Waals surface area contributed by atoms with Crippen LogP contribution in [0, 0.1) is 28.6 Å². The average molecular weight is 417 g/mol. The molecule has 0 aromatic rings. The van der Waals surface area contributed by atoms with Crippen LogP contribution in [0.1, 0.15) is 92.4 Å². The van der Waals surface area contributed by atoms with Gasteiger partial charge in [0, 0.05) is 6.42 Å². The highest BCUT2D eigenvalue weighted by atomic mass is 28.4. The SMILES string of the molecule is CC[C@]12CCC(=O)C=C1CC[C@@H]1[C@@H]2CC[C@]2(C)[C@@H](O[Si](C)(C)C(C)(C)C)CC[C@@H]12. The van der Waals surface area contributed by atoms with Crippen LogP contribution in [-0.2, 0) is 9.22 Å². The summed E-state index contributed by atoms with van der Waals surface area (Å²) in [6.07, 6.45) is 13.4. The molecular formula is C26H44O2Si. The molecule has 2 nitrogen and oxygen atoms in total. The average Bonchev–Trinajstić information content (AvgIpc) is 2.96. The van der Waals surface area contributed by atoms with Crippen molar-refractivity contribution < 1.29 is 9.22 Å². The summed E-state index contributed by atoms with van der Waals surface area (Å²) >= 11 is 0.